The van der Waals surface area contributed by atoms with Crippen molar-refractivity contribution in [1.82, 2.24) is 5.32 Å². The van der Waals surface area contributed by atoms with E-state index in [1.807, 2.05) is 0 Å². The Balaban J connectivity index is 3.40. The number of carbonyl (C=O) groups excluding carboxylic acids is 3. The molecule has 1 amide bonds. The van der Waals surface area contributed by atoms with Gasteiger partial charge in [-0.05, 0) is 0 Å². The molecule has 0 aromatic heterocycles. The molecule has 0 bridgehead atoms. The van der Waals surface area contributed by atoms with Crippen molar-refractivity contribution >= 4 is 18.0 Å². The predicted octanol–water partition coefficient (Wildman–Crippen LogP) is 0.395. The highest BCUT2D eigenvalue weighted by atomic mass is 16.6. The van der Waals surface area contributed by atoms with Crippen molar-refractivity contribution in [2.45, 2.75) is 13.3 Å². The van der Waals surface area contributed by atoms with Gasteiger partial charge in [0, 0.05) is 12.5 Å². The first-order chi connectivity index (χ1) is 8.60. The summed E-state index contributed by atoms with van der Waals surface area (Å²) >= 11 is 0. The number of hydrogen-bond acceptors (Lipinski definition) is 6. The molecular formula is C11H17NO6. The third kappa shape index (κ3) is 9.20. The zero-order chi connectivity index (χ0) is 13.8. The zero-order valence-electron chi connectivity index (χ0n) is 10.3. The monoisotopic (exact) mass is 259 g/mol. The van der Waals surface area contributed by atoms with Crippen molar-refractivity contribution in [2.24, 2.45) is 0 Å². The van der Waals surface area contributed by atoms with Crippen LogP contribution in [0.2, 0.25) is 0 Å². The first-order valence-corrected chi connectivity index (χ1v) is 5.45. The van der Waals surface area contributed by atoms with Gasteiger partial charge in [-0.2, -0.15) is 0 Å². The molecule has 7 nitrogen and oxygen atoms in total. The Kier molecular flexibility index (Phi) is 8.97. The van der Waals surface area contributed by atoms with Gasteiger partial charge in [-0.15, -0.1) is 0 Å². The maximum absolute atomic E-state index is 11.0. The van der Waals surface area contributed by atoms with E-state index in [1.54, 1.807) is 6.92 Å². The van der Waals surface area contributed by atoms with E-state index in [0.717, 1.165) is 6.08 Å². The van der Waals surface area contributed by atoms with Gasteiger partial charge in [-0.1, -0.05) is 13.5 Å². The minimum atomic E-state index is -0.669. The van der Waals surface area contributed by atoms with Crippen LogP contribution in [0.3, 0.4) is 0 Å². The average molecular weight is 259 g/mol. The molecule has 0 unspecified atom stereocenters. The van der Waals surface area contributed by atoms with Crippen LogP contribution >= 0.6 is 0 Å². The molecule has 18 heavy (non-hydrogen) atoms. The topological polar surface area (TPSA) is 90.9 Å². The van der Waals surface area contributed by atoms with E-state index in [-0.39, 0.29) is 32.3 Å². The summed E-state index contributed by atoms with van der Waals surface area (Å²) in [4.78, 5) is 32.4. The number of amides is 1. The Morgan fingerprint density at radius 2 is 1.78 bits per heavy atom. The summed E-state index contributed by atoms with van der Waals surface area (Å²) < 4.78 is 14.0. The van der Waals surface area contributed by atoms with E-state index in [1.165, 1.54) is 0 Å². The summed E-state index contributed by atoms with van der Waals surface area (Å²) in [5, 5.41) is 2.37. The Bertz CT molecular complexity index is 302. The second-order valence-electron chi connectivity index (χ2n) is 3.01. The van der Waals surface area contributed by atoms with Gasteiger partial charge < -0.3 is 19.5 Å². The highest BCUT2D eigenvalue weighted by molar-refractivity contribution is 5.81. The van der Waals surface area contributed by atoms with Crippen LogP contribution in [0.15, 0.2) is 12.7 Å². The standard InChI is InChI=1S/C11H17NO6/c1-3-9(13)16-6-5-12-11(15)18-8-7-17-10(14)4-2/h4H,2-3,5-8H2,1H3,(H,12,15). The normalized spacial score (nSPS) is 9.17. The smallest absolute Gasteiger partial charge is 0.407 e. The number of carbonyl (C=O) groups is 3. The first-order valence-electron chi connectivity index (χ1n) is 5.45. The molecule has 0 spiro atoms. The largest absolute Gasteiger partial charge is 0.464 e. The lowest BCUT2D eigenvalue weighted by Gasteiger charge is -2.07. The van der Waals surface area contributed by atoms with Gasteiger partial charge in [0.05, 0.1) is 6.54 Å². The number of alkyl carbamates (subject to hydrolysis) is 1. The lowest BCUT2D eigenvalue weighted by atomic mass is 10.5. The highest BCUT2D eigenvalue weighted by Crippen LogP contribution is 1.85. The van der Waals surface area contributed by atoms with Gasteiger partial charge >= 0.3 is 18.0 Å². The number of hydrogen-bond donors (Lipinski definition) is 1. The molecular weight excluding hydrogens is 242 g/mol. The molecule has 0 fully saturated rings. The number of ether oxygens (including phenoxy) is 3. The van der Waals surface area contributed by atoms with Crippen LogP contribution in [0.25, 0.3) is 0 Å². The SMILES string of the molecule is C=CC(=O)OCCOC(=O)NCCOC(=O)CC. The van der Waals surface area contributed by atoms with Crippen LogP contribution in [0.4, 0.5) is 4.79 Å². The van der Waals surface area contributed by atoms with Gasteiger partial charge in [-0.25, -0.2) is 9.59 Å². The third-order valence-electron chi connectivity index (χ3n) is 1.65. The number of nitrogens with one attached hydrogen (secondary N) is 1. The fourth-order valence-electron chi connectivity index (χ4n) is 0.807. The van der Waals surface area contributed by atoms with E-state index in [0.29, 0.717) is 6.42 Å². The van der Waals surface area contributed by atoms with Crippen LogP contribution in [0, 0.1) is 0 Å². The summed E-state index contributed by atoms with van der Waals surface area (Å²) in [6, 6.07) is 0. The zero-order valence-corrected chi connectivity index (χ0v) is 10.3. The maximum atomic E-state index is 11.0. The quantitative estimate of drug-likeness (QED) is 0.293. The molecule has 0 saturated carbocycles. The minimum Gasteiger partial charge on any atom is -0.464 e. The van der Waals surface area contributed by atoms with Crippen LogP contribution < -0.4 is 5.32 Å². The molecule has 0 aliphatic carbocycles. The fraction of sp³-hybridized carbons (Fsp3) is 0.545. The summed E-state index contributed by atoms with van der Waals surface area (Å²) in [6.45, 7) is 5.04. The molecule has 0 heterocycles. The molecule has 0 aliphatic rings. The lowest BCUT2D eigenvalue weighted by Crippen LogP contribution is -2.29. The van der Waals surface area contributed by atoms with E-state index >= 15 is 0 Å². The Morgan fingerprint density at radius 3 is 2.39 bits per heavy atom. The van der Waals surface area contributed by atoms with Gasteiger partial charge in [0.25, 0.3) is 0 Å². The van der Waals surface area contributed by atoms with Crippen LogP contribution in [0.1, 0.15) is 13.3 Å². The van der Waals surface area contributed by atoms with Crippen molar-refractivity contribution in [3.8, 4) is 0 Å². The fourth-order valence-corrected chi connectivity index (χ4v) is 0.807. The molecule has 0 aromatic carbocycles. The van der Waals surface area contributed by atoms with Gasteiger partial charge in [-0.3, -0.25) is 4.79 Å². The molecule has 0 aromatic rings. The average Bonchev–Trinajstić information content (AvgIpc) is 2.38. The van der Waals surface area contributed by atoms with E-state index in [9.17, 15) is 14.4 Å². The van der Waals surface area contributed by atoms with Crippen molar-refractivity contribution in [3.63, 3.8) is 0 Å². The predicted molar refractivity (Wildman–Crippen MR) is 61.8 cm³/mol. The Morgan fingerprint density at radius 1 is 1.11 bits per heavy atom. The third-order valence-corrected chi connectivity index (χ3v) is 1.65. The molecule has 0 rings (SSSR count). The van der Waals surface area contributed by atoms with Gasteiger partial charge in [0.15, 0.2) is 0 Å². The summed E-state index contributed by atoms with van der Waals surface area (Å²) in [5.41, 5.74) is 0. The number of esters is 2. The number of rotatable bonds is 8. The van der Waals surface area contributed by atoms with Crippen LogP contribution in [0.5, 0.6) is 0 Å². The Labute approximate surface area is 105 Å². The first kappa shape index (κ1) is 16.0. The molecule has 0 atom stereocenters. The van der Waals surface area contributed by atoms with E-state index < -0.39 is 12.1 Å². The molecule has 7 heteroatoms. The van der Waals surface area contributed by atoms with E-state index in [4.69, 9.17) is 4.74 Å². The van der Waals surface area contributed by atoms with Gasteiger partial charge in [0.2, 0.25) is 0 Å². The lowest BCUT2D eigenvalue weighted by molar-refractivity contribution is -0.143. The summed E-state index contributed by atoms with van der Waals surface area (Å²) in [7, 11) is 0. The van der Waals surface area contributed by atoms with Crippen LogP contribution in [-0.2, 0) is 23.8 Å². The minimum absolute atomic E-state index is 0.0386. The molecule has 0 saturated heterocycles. The molecule has 102 valence electrons. The molecule has 0 aliphatic heterocycles. The Hall–Kier alpha value is -2.05. The van der Waals surface area contributed by atoms with Crippen molar-refractivity contribution in [1.29, 1.82) is 0 Å². The van der Waals surface area contributed by atoms with Gasteiger partial charge in [0.1, 0.15) is 19.8 Å². The second-order valence-corrected chi connectivity index (χ2v) is 3.01. The molecule has 0 radical (unpaired) electrons. The van der Waals surface area contributed by atoms with Crippen molar-refractivity contribution in [3.05, 3.63) is 12.7 Å². The van der Waals surface area contributed by atoms with Crippen molar-refractivity contribution < 1.29 is 28.6 Å². The second kappa shape index (κ2) is 10.1. The molecule has 1 N–H and O–H groups in total. The highest BCUT2D eigenvalue weighted by Gasteiger charge is 2.03. The maximum Gasteiger partial charge on any atom is 0.407 e. The van der Waals surface area contributed by atoms with E-state index in [2.05, 4.69) is 21.4 Å². The van der Waals surface area contributed by atoms with Crippen molar-refractivity contribution in [2.75, 3.05) is 26.4 Å². The van der Waals surface area contributed by atoms with Crippen LogP contribution in [-0.4, -0.2) is 44.4 Å². The summed E-state index contributed by atoms with van der Waals surface area (Å²) in [6.07, 6.45) is 0.638. The summed E-state index contributed by atoms with van der Waals surface area (Å²) in [5.74, 6) is -0.910.